The van der Waals surface area contributed by atoms with Crippen molar-refractivity contribution in [2.24, 2.45) is 29.1 Å². The Kier molecular flexibility index (Phi) is 10.7. The van der Waals surface area contributed by atoms with Crippen LogP contribution in [0.25, 0.3) is 0 Å². The van der Waals surface area contributed by atoms with Crippen LogP contribution in [0, 0.1) is 29.1 Å². The van der Waals surface area contributed by atoms with E-state index in [1.807, 2.05) is 0 Å². The zero-order chi connectivity index (χ0) is 32.9. The van der Waals surface area contributed by atoms with Crippen LogP contribution in [0.15, 0.2) is 47.6 Å². The first-order valence-corrected chi connectivity index (χ1v) is 23.8. The maximum absolute atomic E-state index is 10.5. The molecule has 7 atom stereocenters. The summed E-state index contributed by atoms with van der Waals surface area (Å²) in [6.07, 6.45) is 19.9. The maximum atomic E-state index is 10.5. The van der Waals surface area contributed by atoms with E-state index in [4.69, 9.17) is 8.85 Å². The second-order valence-electron chi connectivity index (χ2n) is 18.4. The molecule has 0 heterocycles. The molecule has 0 amide bonds. The fourth-order valence-corrected chi connectivity index (χ4v) is 10.6. The molecule has 1 N–H and O–H groups in total. The zero-order valence-corrected chi connectivity index (χ0v) is 32.7. The number of fused-ring (bicyclic) bond motifs is 1. The van der Waals surface area contributed by atoms with E-state index in [1.165, 1.54) is 56.1 Å². The molecule has 4 fully saturated rings. The number of hydrogen-bond donors (Lipinski definition) is 1. The van der Waals surface area contributed by atoms with Crippen molar-refractivity contribution in [2.45, 2.75) is 168 Å². The van der Waals surface area contributed by atoms with Gasteiger partial charge >= 0.3 is 0 Å². The molecule has 0 radical (unpaired) electrons. The standard InChI is InChI=1S/C39H68O3Si2/c1-27(16-23-35(40)30-18-19-30)33-21-22-34-29(15-14-24-39(33,34)9)17-20-31-25-32(41-43(10,11)37(3,4)5)26-36(28(31)2)42-44(12,13)38(6,7)8/h16-17,20,23,27,30,32-36,40H,2,14-15,18-19,21-22,24-26H2,1,3-13H3/t27-,32-,33?,34+,35+,36+,39-/m1/s1. The molecule has 250 valence electrons. The van der Waals surface area contributed by atoms with Crippen molar-refractivity contribution < 1.29 is 14.0 Å². The van der Waals surface area contributed by atoms with Crippen molar-refractivity contribution in [2.75, 3.05) is 0 Å². The average molecular weight is 641 g/mol. The van der Waals surface area contributed by atoms with E-state index in [2.05, 4.69) is 112 Å². The summed E-state index contributed by atoms with van der Waals surface area (Å²) < 4.78 is 14.2. The van der Waals surface area contributed by atoms with E-state index < -0.39 is 16.6 Å². The minimum absolute atomic E-state index is 0.0233. The van der Waals surface area contributed by atoms with Crippen LogP contribution in [-0.4, -0.2) is 40.1 Å². The second kappa shape index (κ2) is 13.1. The number of hydrogen-bond acceptors (Lipinski definition) is 3. The lowest BCUT2D eigenvalue weighted by Crippen LogP contribution is -2.49. The van der Waals surface area contributed by atoms with Crippen molar-refractivity contribution in [1.82, 2.24) is 0 Å². The highest BCUT2D eigenvalue weighted by Gasteiger charge is 2.50. The maximum Gasteiger partial charge on any atom is 0.192 e. The Balaban J connectivity index is 1.57. The molecule has 0 aromatic carbocycles. The molecule has 44 heavy (non-hydrogen) atoms. The van der Waals surface area contributed by atoms with Gasteiger partial charge in [-0.25, -0.2) is 0 Å². The van der Waals surface area contributed by atoms with Gasteiger partial charge in [-0.3, -0.25) is 0 Å². The SMILES string of the molecule is C=C1C(=CC=C2CCC[C@]3(C)C([C@H](C)C=C[C@H](O)C4CC4)CC[C@@H]23)C[C@@H](O[Si](C)(C)C(C)(C)C)C[C@@H]1O[Si](C)(C)C(C)(C)C. The van der Waals surface area contributed by atoms with Gasteiger partial charge in [-0.05, 0) is 128 Å². The zero-order valence-electron chi connectivity index (χ0n) is 30.7. The van der Waals surface area contributed by atoms with Crippen LogP contribution in [-0.2, 0) is 8.85 Å². The van der Waals surface area contributed by atoms with Gasteiger partial charge in [0.05, 0.1) is 18.3 Å². The summed E-state index contributed by atoms with van der Waals surface area (Å²) in [5.41, 5.74) is 4.49. The Morgan fingerprint density at radius 2 is 1.52 bits per heavy atom. The molecule has 0 aromatic rings. The van der Waals surface area contributed by atoms with E-state index in [1.54, 1.807) is 5.57 Å². The highest BCUT2D eigenvalue weighted by Crippen LogP contribution is 2.59. The topological polar surface area (TPSA) is 38.7 Å². The molecule has 0 aliphatic heterocycles. The summed E-state index contributed by atoms with van der Waals surface area (Å²) in [5, 5.41) is 10.8. The van der Waals surface area contributed by atoms with Gasteiger partial charge in [0, 0.05) is 6.42 Å². The molecule has 1 unspecified atom stereocenters. The van der Waals surface area contributed by atoms with Crippen molar-refractivity contribution in [3.63, 3.8) is 0 Å². The predicted molar refractivity (Wildman–Crippen MR) is 194 cm³/mol. The average Bonchev–Trinajstić information content (AvgIpc) is 3.68. The van der Waals surface area contributed by atoms with Crippen molar-refractivity contribution in [3.8, 4) is 0 Å². The lowest BCUT2D eigenvalue weighted by Gasteiger charge is -2.45. The quantitative estimate of drug-likeness (QED) is 0.201. The van der Waals surface area contributed by atoms with Gasteiger partial charge in [0.15, 0.2) is 16.6 Å². The van der Waals surface area contributed by atoms with E-state index in [-0.39, 0.29) is 28.4 Å². The van der Waals surface area contributed by atoms with Crippen LogP contribution in [0.3, 0.4) is 0 Å². The molecule has 0 spiro atoms. The van der Waals surface area contributed by atoms with Crippen molar-refractivity contribution >= 4 is 16.6 Å². The number of aliphatic hydroxyl groups excluding tert-OH is 1. The molecule has 4 aliphatic rings. The van der Waals surface area contributed by atoms with Gasteiger partial charge in [-0.15, -0.1) is 0 Å². The molecule has 0 bridgehead atoms. The highest BCUT2D eigenvalue weighted by atomic mass is 28.4. The van der Waals surface area contributed by atoms with Crippen LogP contribution in [0.5, 0.6) is 0 Å². The Morgan fingerprint density at radius 1 is 0.909 bits per heavy atom. The van der Waals surface area contributed by atoms with Gasteiger partial charge in [0.25, 0.3) is 0 Å². The van der Waals surface area contributed by atoms with E-state index in [0.29, 0.717) is 29.1 Å². The van der Waals surface area contributed by atoms with Gasteiger partial charge < -0.3 is 14.0 Å². The van der Waals surface area contributed by atoms with Crippen LogP contribution >= 0.6 is 0 Å². The van der Waals surface area contributed by atoms with Crippen LogP contribution < -0.4 is 0 Å². The Bertz CT molecular complexity index is 1130. The Hall–Kier alpha value is -0.726. The Labute approximate surface area is 274 Å². The molecular weight excluding hydrogens is 573 g/mol. The molecule has 0 saturated heterocycles. The molecule has 3 nitrogen and oxygen atoms in total. The summed E-state index contributed by atoms with van der Waals surface area (Å²) in [4.78, 5) is 0. The largest absolute Gasteiger partial charge is 0.413 e. The summed E-state index contributed by atoms with van der Waals surface area (Å²) in [5.74, 6) is 2.35. The minimum Gasteiger partial charge on any atom is -0.413 e. The number of rotatable bonds is 9. The highest BCUT2D eigenvalue weighted by molar-refractivity contribution is 6.74. The van der Waals surface area contributed by atoms with Gasteiger partial charge in [0.2, 0.25) is 0 Å². The lowest BCUT2D eigenvalue weighted by atomic mass is 9.61. The monoisotopic (exact) mass is 640 g/mol. The van der Waals surface area contributed by atoms with Gasteiger partial charge in [0.1, 0.15) is 0 Å². The molecule has 4 rings (SSSR count). The fourth-order valence-electron chi connectivity index (χ4n) is 7.93. The molecule has 5 heteroatoms. The molecule has 4 aliphatic carbocycles. The van der Waals surface area contributed by atoms with Crippen LogP contribution in [0.2, 0.25) is 36.3 Å². The van der Waals surface area contributed by atoms with Crippen LogP contribution in [0.1, 0.15) is 113 Å². The van der Waals surface area contributed by atoms with Crippen LogP contribution in [0.4, 0.5) is 0 Å². The third kappa shape index (κ3) is 7.86. The molecule has 0 aromatic heterocycles. The summed E-state index contributed by atoms with van der Waals surface area (Å²) in [6, 6.07) is 0. The summed E-state index contributed by atoms with van der Waals surface area (Å²) in [7, 11) is -3.90. The summed E-state index contributed by atoms with van der Waals surface area (Å²) >= 11 is 0. The smallest absolute Gasteiger partial charge is 0.192 e. The van der Waals surface area contributed by atoms with Gasteiger partial charge in [-0.2, -0.15) is 0 Å². The molecular formula is C39H68O3Si2. The normalized spacial score (nSPS) is 34.2. The van der Waals surface area contributed by atoms with Gasteiger partial charge in [-0.1, -0.05) is 91.8 Å². The lowest BCUT2D eigenvalue weighted by molar-refractivity contribution is 0.0969. The first-order valence-electron chi connectivity index (χ1n) is 18.0. The third-order valence-corrected chi connectivity index (χ3v) is 22.1. The van der Waals surface area contributed by atoms with E-state index >= 15 is 0 Å². The predicted octanol–water partition coefficient (Wildman–Crippen LogP) is 11.1. The minimum atomic E-state index is -1.98. The fraction of sp³-hybridized carbons (Fsp3) is 0.795. The van der Waals surface area contributed by atoms with E-state index in [9.17, 15) is 5.11 Å². The first-order chi connectivity index (χ1) is 20.2. The number of aliphatic hydroxyl groups is 1. The first kappa shape index (κ1) is 36.1. The van der Waals surface area contributed by atoms with Crippen molar-refractivity contribution in [3.05, 3.63) is 47.6 Å². The second-order valence-corrected chi connectivity index (χ2v) is 27.9. The third-order valence-electron chi connectivity index (χ3n) is 13.1. The van der Waals surface area contributed by atoms with E-state index in [0.717, 1.165) is 12.8 Å². The molecule has 4 saturated carbocycles. The Morgan fingerprint density at radius 3 is 2.11 bits per heavy atom. The number of allylic oxidation sites excluding steroid dienone is 4. The summed E-state index contributed by atoms with van der Waals surface area (Å²) in [6.45, 7) is 33.2. The van der Waals surface area contributed by atoms with Crippen molar-refractivity contribution in [1.29, 1.82) is 0 Å².